The minimum Gasteiger partial charge on any atom is -0.496 e. The smallest absolute Gasteiger partial charge is 0.270 e. The minimum atomic E-state index is -0.482. The lowest BCUT2D eigenvalue weighted by Crippen LogP contribution is -2.37. The van der Waals surface area contributed by atoms with Gasteiger partial charge in [0.25, 0.3) is 11.6 Å². The Bertz CT molecular complexity index is 673. The van der Waals surface area contributed by atoms with Crippen LogP contribution in [0.25, 0.3) is 0 Å². The minimum absolute atomic E-state index is 0.0899. The van der Waals surface area contributed by atoms with Gasteiger partial charge in [-0.2, -0.15) is 0 Å². The summed E-state index contributed by atoms with van der Waals surface area (Å²) in [5.74, 6) is 0.988. The first-order valence-corrected chi connectivity index (χ1v) is 9.92. The van der Waals surface area contributed by atoms with Crippen molar-refractivity contribution in [2.24, 2.45) is 5.92 Å². The van der Waals surface area contributed by atoms with Crippen molar-refractivity contribution >= 4 is 11.6 Å². The molecule has 1 saturated heterocycles. The number of non-ortho nitro benzene ring substituents is 1. The Balaban J connectivity index is 1.65. The SMILES string of the molecule is COc1ccc([N+](=O)[O-])cc1C(=O)N1CCCN(CC2CCCCC2)CC1. The maximum atomic E-state index is 13.0. The average Bonchev–Trinajstić information content (AvgIpc) is 2.93. The summed E-state index contributed by atoms with van der Waals surface area (Å²) >= 11 is 0. The van der Waals surface area contributed by atoms with Gasteiger partial charge in [0.15, 0.2) is 0 Å². The van der Waals surface area contributed by atoms with E-state index in [1.165, 1.54) is 57.4 Å². The molecular weight excluding hydrogens is 346 g/mol. The molecule has 7 nitrogen and oxygen atoms in total. The summed E-state index contributed by atoms with van der Waals surface area (Å²) in [6.45, 7) is 4.32. The van der Waals surface area contributed by atoms with Crippen molar-refractivity contribution < 1.29 is 14.5 Å². The molecule has 0 radical (unpaired) electrons. The highest BCUT2D eigenvalue weighted by Gasteiger charge is 2.26. The number of nitro benzene ring substituents is 1. The van der Waals surface area contributed by atoms with Gasteiger partial charge < -0.3 is 14.5 Å². The van der Waals surface area contributed by atoms with E-state index in [9.17, 15) is 14.9 Å². The fourth-order valence-corrected chi connectivity index (χ4v) is 4.24. The second kappa shape index (κ2) is 9.17. The van der Waals surface area contributed by atoms with Crippen LogP contribution in [0, 0.1) is 16.0 Å². The molecule has 1 aliphatic carbocycles. The second-order valence-corrected chi connectivity index (χ2v) is 7.59. The lowest BCUT2D eigenvalue weighted by molar-refractivity contribution is -0.384. The molecule has 1 aromatic carbocycles. The predicted octanol–water partition coefficient (Wildman–Crippen LogP) is 3.33. The number of methoxy groups -OCH3 is 1. The molecule has 0 unspecified atom stereocenters. The zero-order valence-corrected chi connectivity index (χ0v) is 16.1. The maximum Gasteiger partial charge on any atom is 0.270 e. The van der Waals surface area contributed by atoms with Crippen molar-refractivity contribution in [2.45, 2.75) is 38.5 Å². The zero-order valence-electron chi connectivity index (χ0n) is 16.1. The van der Waals surface area contributed by atoms with Crippen molar-refractivity contribution in [1.29, 1.82) is 0 Å². The summed E-state index contributed by atoms with van der Waals surface area (Å²) in [7, 11) is 1.48. The molecule has 2 fully saturated rings. The third-order valence-corrected chi connectivity index (χ3v) is 5.74. The van der Waals surface area contributed by atoms with Crippen LogP contribution in [-0.2, 0) is 0 Å². The van der Waals surface area contributed by atoms with E-state index < -0.39 is 4.92 Å². The molecule has 1 saturated carbocycles. The quantitative estimate of drug-likeness (QED) is 0.583. The average molecular weight is 375 g/mol. The monoisotopic (exact) mass is 375 g/mol. The lowest BCUT2D eigenvalue weighted by Gasteiger charge is -2.28. The lowest BCUT2D eigenvalue weighted by atomic mass is 9.89. The Kier molecular flexibility index (Phi) is 6.66. The predicted molar refractivity (Wildman–Crippen MR) is 103 cm³/mol. The third kappa shape index (κ3) is 4.97. The number of nitro groups is 1. The summed E-state index contributed by atoms with van der Waals surface area (Å²) in [5, 5.41) is 11.1. The van der Waals surface area contributed by atoms with E-state index in [-0.39, 0.29) is 17.2 Å². The molecule has 0 N–H and O–H groups in total. The largest absolute Gasteiger partial charge is 0.496 e. The molecule has 0 aromatic heterocycles. The van der Waals surface area contributed by atoms with Gasteiger partial charge >= 0.3 is 0 Å². The molecule has 27 heavy (non-hydrogen) atoms. The van der Waals surface area contributed by atoms with E-state index in [0.29, 0.717) is 18.8 Å². The highest BCUT2D eigenvalue weighted by Crippen LogP contribution is 2.27. The topological polar surface area (TPSA) is 75.9 Å². The van der Waals surface area contributed by atoms with Gasteiger partial charge in [-0.05, 0) is 37.8 Å². The molecular formula is C20H29N3O4. The standard InChI is InChI=1S/C20H29N3O4/c1-27-19-9-8-17(23(25)26)14-18(19)20(24)22-11-5-10-21(12-13-22)15-16-6-3-2-4-7-16/h8-9,14,16H,2-7,10-13,15H2,1H3. The van der Waals surface area contributed by atoms with Crippen LogP contribution >= 0.6 is 0 Å². The van der Waals surface area contributed by atoms with E-state index >= 15 is 0 Å². The van der Waals surface area contributed by atoms with Crippen molar-refractivity contribution in [3.8, 4) is 5.75 Å². The molecule has 148 valence electrons. The van der Waals surface area contributed by atoms with Crippen LogP contribution in [0.3, 0.4) is 0 Å². The van der Waals surface area contributed by atoms with Crippen LogP contribution in [0.1, 0.15) is 48.9 Å². The van der Waals surface area contributed by atoms with E-state index in [0.717, 1.165) is 32.0 Å². The molecule has 0 bridgehead atoms. The molecule has 1 heterocycles. The van der Waals surface area contributed by atoms with E-state index in [4.69, 9.17) is 4.74 Å². The van der Waals surface area contributed by atoms with E-state index in [1.807, 2.05) is 4.90 Å². The van der Waals surface area contributed by atoms with Gasteiger partial charge in [-0.1, -0.05) is 19.3 Å². The number of hydrogen-bond donors (Lipinski definition) is 0. The molecule has 7 heteroatoms. The Morgan fingerprint density at radius 1 is 1.15 bits per heavy atom. The zero-order chi connectivity index (χ0) is 19.2. The van der Waals surface area contributed by atoms with Crippen LogP contribution in [0.4, 0.5) is 5.69 Å². The summed E-state index contributed by atoms with van der Waals surface area (Å²) in [4.78, 5) is 27.9. The van der Waals surface area contributed by atoms with Crippen molar-refractivity contribution in [3.05, 3.63) is 33.9 Å². The third-order valence-electron chi connectivity index (χ3n) is 5.74. The Labute approximate surface area is 160 Å². The fraction of sp³-hybridized carbons (Fsp3) is 0.650. The van der Waals surface area contributed by atoms with Gasteiger partial charge in [-0.15, -0.1) is 0 Å². The number of rotatable bonds is 5. The highest BCUT2D eigenvalue weighted by molar-refractivity contribution is 5.97. The number of carbonyl (C=O) groups excluding carboxylic acids is 1. The van der Waals surface area contributed by atoms with Crippen LogP contribution in [0.2, 0.25) is 0 Å². The fourth-order valence-electron chi connectivity index (χ4n) is 4.24. The Hall–Kier alpha value is -2.15. The normalized spacial score (nSPS) is 19.5. The van der Waals surface area contributed by atoms with Crippen LogP contribution in [0.5, 0.6) is 5.75 Å². The summed E-state index contributed by atoms with van der Waals surface area (Å²) in [6.07, 6.45) is 7.62. The van der Waals surface area contributed by atoms with Crippen LogP contribution in [-0.4, -0.2) is 60.5 Å². The van der Waals surface area contributed by atoms with Crippen molar-refractivity contribution in [2.75, 3.05) is 39.8 Å². The molecule has 3 rings (SSSR count). The Morgan fingerprint density at radius 3 is 2.63 bits per heavy atom. The van der Waals surface area contributed by atoms with Crippen LogP contribution < -0.4 is 4.74 Å². The summed E-state index contributed by atoms with van der Waals surface area (Å²) < 4.78 is 5.26. The van der Waals surface area contributed by atoms with Crippen molar-refractivity contribution in [3.63, 3.8) is 0 Å². The molecule has 1 aliphatic heterocycles. The van der Waals surface area contributed by atoms with Crippen LogP contribution in [0.15, 0.2) is 18.2 Å². The molecule has 1 amide bonds. The van der Waals surface area contributed by atoms with E-state index in [2.05, 4.69) is 4.90 Å². The number of nitrogens with zero attached hydrogens (tertiary/aromatic N) is 3. The summed E-state index contributed by atoms with van der Waals surface area (Å²) in [6, 6.07) is 4.19. The number of carbonyl (C=O) groups is 1. The first-order valence-electron chi connectivity index (χ1n) is 9.92. The number of benzene rings is 1. The number of amides is 1. The number of hydrogen-bond acceptors (Lipinski definition) is 5. The van der Waals surface area contributed by atoms with E-state index in [1.54, 1.807) is 0 Å². The van der Waals surface area contributed by atoms with Gasteiger partial charge in [-0.25, -0.2) is 0 Å². The highest BCUT2D eigenvalue weighted by atomic mass is 16.6. The first kappa shape index (κ1) is 19.6. The van der Waals surface area contributed by atoms with Crippen molar-refractivity contribution in [1.82, 2.24) is 9.80 Å². The van der Waals surface area contributed by atoms with Gasteiger partial charge in [0.1, 0.15) is 5.75 Å². The molecule has 0 spiro atoms. The van der Waals surface area contributed by atoms with Gasteiger partial charge in [-0.3, -0.25) is 14.9 Å². The maximum absolute atomic E-state index is 13.0. The molecule has 2 aliphatic rings. The van der Waals surface area contributed by atoms with Gasteiger partial charge in [0.05, 0.1) is 17.6 Å². The Morgan fingerprint density at radius 2 is 1.93 bits per heavy atom. The number of ether oxygens (including phenoxy) is 1. The second-order valence-electron chi connectivity index (χ2n) is 7.59. The summed E-state index contributed by atoms with van der Waals surface area (Å²) in [5.41, 5.74) is 0.181. The van der Waals surface area contributed by atoms with Gasteiger partial charge in [0.2, 0.25) is 0 Å². The molecule has 0 atom stereocenters. The first-order chi connectivity index (χ1) is 13.1. The molecule has 1 aromatic rings. The van der Waals surface area contributed by atoms with Gasteiger partial charge in [0, 0.05) is 38.3 Å².